The van der Waals surface area contributed by atoms with Crippen molar-refractivity contribution in [2.24, 2.45) is 0 Å². The minimum atomic E-state index is -4.31. The molecule has 3 rings (SSSR count). The molecule has 0 saturated heterocycles. The second-order valence-electron chi connectivity index (χ2n) is 6.25. The first kappa shape index (κ1) is 16.6. The number of hydrogen-bond acceptors (Lipinski definition) is 0. The fourth-order valence-electron chi connectivity index (χ4n) is 3.17. The number of halogens is 3. The van der Waals surface area contributed by atoms with Crippen molar-refractivity contribution in [3.8, 4) is 0 Å². The predicted octanol–water partition coefficient (Wildman–Crippen LogP) is 6.26. The van der Waals surface area contributed by atoms with Gasteiger partial charge in [-0.25, -0.2) is 0 Å². The highest BCUT2D eigenvalue weighted by Gasteiger charge is 2.33. The van der Waals surface area contributed by atoms with Gasteiger partial charge in [0, 0.05) is 0 Å². The summed E-state index contributed by atoms with van der Waals surface area (Å²) in [7, 11) is 0. The first-order valence-corrected chi connectivity index (χ1v) is 8.00. The largest absolute Gasteiger partial charge is 0.416 e. The highest BCUT2D eigenvalue weighted by molar-refractivity contribution is 5.88. The minimum Gasteiger partial charge on any atom is -0.166 e. The van der Waals surface area contributed by atoms with Gasteiger partial charge in [0.25, 0.3) is 0 Å². The van der Waals surface area contributed by atoms with Crippen LogP contribution in [0.5, 0.6) is 0 Å². The lowest BCUT2D eigenvalue weighted by molar-refractivity contribution is -0.138. The summed E-state index contributed by atoms with van der Waals surface area (Å²) in [5, 5.41) is 2.29. The molecule has 0 nitrogen and oxygen atoms in total. The molecule has 24 heavy (non-hydrogen) atoms. The van der Waals surface area contributed by atoms with Crippen molar-refractivity contribution >= 4 is 10.8 Å². The van der Waals surface area contributed by atoms with E-state index in [1.54, 1.807) is 19.1 Å². The number of hydrogen-bond donors (Lipinski definition) is 0. The van der Waals surface area contributed by atoms with Gasteiger partial charge in [0.1, 0.15) is 0 Å². The van der Waals surface area contributed by atoms with Gasteiger partial charge in [-0.05, 0) is 60.2 Å². The normalized spacial score (nSPS) is 11.9. The lowest BCUT2D eigenvalue weighted by atomic mass is 9.94. The van der Waals surface area contributed by atoms with Crippen LogP contribution in [0.4, 0.5) is 13.2 Å². The van der Waals surface area contributed by atoms with Crippen molar-refractivity contribution in [3.63, 3.8) is 0 Å². The first-order chi connectivity index (χ1) is 11.4. The summed E-state index contributed by atoms with van der Waals surface area (Å²) < 4.78 is 39.8. The Labute approximate surface area is 139 Å². The maximum atomic E-state index is 13.3. The molecule has 0 bridgehead atoms. The van der Waals surface area contributed by atoms with Gasteiger partial charge in [0.05, 0.1) is 5.56 Å². The average Bonchev–Trinajstić information content (AvgIpc) is 2.54. The molecule has 0 aliphatic rings. The summed E-state index contributed by atoms with van der Waals surface area (Å²) in [6.45, 7) is 3.74. The third-order valence-electron chi connectivity index (χ3n) is 4.47. The topological polar surface area (TPSA) is 0 Å². The highest BCUT2D eigenvalue weighted by Crippen LogP contribution is 2.33. The molecule has 0 N–H and O–H groups in total. The molecular weight excluding hydrogens is 309 g/mol. The fraction of sp³-hybridized carbons (Fsp3) is 0.238. The molecule has 0 amide bonds. The van der Waals surface area contributed by atoms with E-state index in [2.05, 4.69) is 6.07 Å². The lowest BCUT2D eigenvalue weighted by Crippen LogP contribution is -2.10. The van der Waals surface area contributed by atoms with Crippen molar-refractivity contribution in [3.05, 3.63) is 82.4 Å². The Hall–Kier alpha value is -2.29. The first-order valence-electron chi connectivity index (χ1n) is 8.00. The average molecular weight is 328 g/mol. The second kappa shape index (κ2) is 6.31. The number of alkyl halides is 3. The Morgan fingerprint density at radius 1 is 0.750 bits per heavy atom. The molecule has 0 aliphatic heterocycles. The van der Waals surface area contributed by atoms with E-state index in [9.17, 15) is 13.2 Å². The zero-order chi connectivity index (χ0) is 17.3. The van der Waals surface area contributed by atoms with E-state index < -0.39 is 11.7 Å². The molecule has 0 aliphatic carbocycles. The summed E-state index contributed by atoms with van der Waals surface area (Å²) in [5.74, 6) is 0. The quantitative estimate of drug-likeness (QED) is 0.532. The standard InChI is InChI=1S/C21H19F3/c1-14-7-9-17(20(13-14)21(22,23)24)12-11-16-10-8-15(2)18-5-3-4-6-19(16)18/h3-10,13H,11-12H2,1-2H3. The van der Waals surface area contributed by atoms with Gasteiger partial charge in [-0.1, -0.05) is 54.1 Å². The molecule has 3 aromatic rings. The maximum Gasteiger partial charge on any atom is 0.416 e. The van der Waals surface area contributed by atoms with Crippen LogP contribution in [-0.4, -0.2) is 0 Å². The maximum absolute atomic E-state index is 13.3. The highest BCUT2D eigenvalue weighted by atomic mass is 19.4. The van der Waals surface area contributed by atoms with E-state index in [0.717, 1.165) is 16.3 Å². The SMILES string of the molecule is Cc1ccc(CCc2ccc(C)c3ccccc23)c(C(F)(F)F)c1. The summed E-state index contributed by atoms with van der Waals surface area (Å²) in [6, 6.07) is 16.7. The third kappa shape index (κ3) is 3.30. The van der Waals surface area contributed by atoms with Crippen LogP contribution in [0.1, 0.15) is 27.8 Å². The van der Waals surface area contributed by atoms with Crippen LogP contribution in [0.25, 0.3) is 10.8 Å². The summed E-state index contributed by atoms with van der Waals surface area (Å²) in [6.07, 6.45) is -3.34. The van der Waals surface area contributed by atoms with Gasteiger partial charge in [0.2, 0.25) is 0 Å². The second-order valence-corrected chi connectivity index (χ2v) is 6.25. The van der Waals surface area contributed by atoms with Gasteiger partial charge in [-0.15, -0.1) is 0 Å². The third-order valence-corrected chi connectivity index (χ3v) is 4.47. The van der Waals surface area contributed by atoms with Crippen molar-refractivity contribution < 1.29 is 13.2 Å². The number of aryl methyl sites for hydroxylation is 4. The fourth-order valence-corrected chi connectivity index (χ4v) is 3.17. The molecule has 0 radical (unpaired) electrons. The lowest BCUT2D eigenvalue weighted by Gasteiger charge is -2.15. The predicted molar refractivity (Wildman–Crippen MR) is 92.3 cm³/mol. The van der Waals surface area contributed by atoms with Crippen LogP contribution in [0, 0.1) is 13.8 Å². The Morgan fingerprint density at radius 3 is 2.08 bits per heavy atom. The molecule has 124 valence electrons. The zero-order valence-corrected chi connectivity index (χ0v) is 13.7. The smallest absolute Gasteiger partial charge is 0.166 e. The van der Waals surface area contributed by atoms with Gasteiger partial charge in [0.15, 0.2) is 0 Å². The van der Waals surface area contributed by atoms with E-state index in [1.165, 1.54) is 11.6 Å². The molecule has 3 heteroatoms. The zero-order valence-electron chi connectivity index (χ0n) is 13.7. The number of rotatable bonds is 3. The molecule has 0 saturated carbocycles. The van der Waals surface area contributed by atoms with Crippen molar-refractivity contribution in [2.75, 3.05) is 0 Å². The van der Waals surface area contributed by atoms with Crippen LogP contribution in [0.3, 0.4) is 0 Å². The van der Waals surface area contributed by atoms with E-state index in [4.69, 9.17) is 0 Å². The van der Waals surface area contributed by atoms with Gasteiger partial charge < -0.3 is 0 Å². The molecule has 0 aromatic heterocycles. The molecule has 3 aromatic carbocycles. The van der Waals surface area contributed by atoms with Crippen LogP contribution in [-0.2, 0) is 19.0 Å². The van der Waals surface area contributed by atoms with Crippen LogP contribution in [0.15, 0.2) is 54.6 Å². The molecule has 0 atom stereocenters. The van der Waals surface area contributed by atoms with Gasteiger partial charge in [-0.2, -0.15) is 13.2 Å². The molecule has 0 heterocycles. The Balaban J connectivity index is 1.94. The minimum absolute atomic E-state index is 0.359. The van der Waals surface area contributed by atoms with Crippen molar-refractivity contribution in [1.29, 1.82) is 0 Å². The Morgan fingerprint density at radius 2 is 1.38 bits per heavy atom. The van der Waals surface area contributed by atoms with Crippen molar-refractivity contribution in [2.45, 2.75) is 32.9 Å². The van der Waals surface area contributed by atoms with Crippen molar-refractivity contribution in [1.82, 2.24) is 0 Å². The molecule has 0 unspecified atom stereocenters. The van der Waals surface area contributed by atoms with Crippen LogP contribution in [0.2, 0.25) is 0 Å². The van der Waals surface area contributed by atoms with E-state index in [-0.39, 0.29) is 0 Å². The monoisotopic (exact) mass is 328 g/mol. The summed E-state index contributed by atoms with van der Waals surface area (Å²) in [4.78, 5) is 0. The van der Waals surface area contributed by atoms with E-state index >= 15 is 0 Å². The number of benzene rings is 3. The Kier molecular flexibility index (Phi) is 4.35. The van der Waals surface area contributed by atoms with E-state index in [1.807, 2.05) is 37.3 Å². The molecule has 0 fully saturated rings. The van der Waals surface area contributed by atoms with Gasteiger partial charge >= 0.3 is 6.18 Å². The summed E-state index contributed by atoms with van der Waals surface area (Å²) in [5.41, 5.74) is 2.74. The molecule has 0 spiro atoms. The Bertz CT molecular complexity index is 876. The number of fused-ring (bicyclic) bond motifs is 1. The van der Waals surface area contributed by atoms with Crippen LogP contribution < -0.4 is 0 Å². The van der Waals surface area contributed by atoms with E-state index in [0.29, 0.717) is 24.0 Å². The van der Waals surface area contributed by atoms with Gasteiger partial charge in [-0.3, -0.25) is 0 Å². The molecular formula is C21H19F3. The summed E-state index contributed by atoms with van der Waals surface area (Å²) >= 11 is 0. The van der Waals surface area contributed by atoms with Crippen LogP contribution >= 0.6 is 0 Å².